The number of fused-ring (bicyclic) bond motifs is 1. The lowest BCUT2D eigenvalue weighted by atomic mass is 9.72. The summed E-state index contributed by atoms with van der Waals surface area (Å²) < 4.78 is 0. The fourth-order valence-electron chi connectivity index (χ4n) is 4.51. The van der Waals surface area contributed by atoms with Crippen molar-refractivity contribution in [1.29, 1.82) is 0 Å². The summed E-state index contributed by atoms with van der Waals surface area (Å²) in [5.41, 5.74) is 1.73. The van der Waals surface area contributed by atoms with E-state index >= 15 is 0 Å². The molecule has 0 saturated carbocycles. The van der Waals surface area contributed by atoms with Crippen LogP contribution in [0.25, 0.3) is 0 Å². The molecule has 28 heavy (non-hydrogen) atoms. The van der Waals surface area contributed by atoms with E-state index in [9.17, 15) is 9.59 Å². The number of likely N-dealkylation sites (tertiary alicyclic amines) is 1. The molecule has 2 heterocycles. The van der Waals surface area contributed by atoms with Crippen LogP contribution < -0.4 is 5.32 Å². The molecular weight excluding hydrogens is 368 g/mol. The molecule has 0 bridgehead atoms. The molecule has 1 aliphatic carbocycles. The van der Waals surface area contributed by atoms with Gasteiger partial charge in [0.25, 0.3) is 5.91 Å². The van der Waals surface area contributed by atoms with Gasteiger partial charge in [-0.15, -0.1) is 11.3 Å². The summed E-state index contributed by atoms with van der Waals surface area (Å²) in [5, 5.41) is 3.04. The number of carbonyl (C=O) groups excluding carboxylic acids is 2. The van der Waals surface area contributed by atoms with Crippen molar-refractivity contribution in [2.75, 3.05) is 19.6 Å². The van der Waals surface area contributed by atoms with Crippen LogP contribution in [-0.2, 0) is 17.6 Å². The number of hydrogen-bond acceptors (Lipinski definition) is 3. The molecule has 0 radical (unpaired) electrons. The SMILES string of the molecule is CCCC(=O)NCC1CCCN(C(=O)c2cc3c(s2)CCC(C(C)(C)C)C3)C1. The summed E-state index contributed by atoms with van der Waals surface area (Å²) >= 11 is 1.71. The molecular formula is C23H36N2O2S. The second kappa shape index (κ2) is 8.98. The number of carbonyl (C=O) groups is 2. The minimum absolute atomic E-state index is 0.130. The average Bonchev–Trinajstić information content (AvgIpc) is 3.09. The second-order valence-electron chi connectivity index (χ2n) is 9.68. The number of piperidine rings is 1. The van der Waals surface area contributed by atoms with Crippen LogP contribution in [0.3, 0.4) is 0 Å². The Hall–Kier alpha value is -1.36. The maximum absolute atomic E-state index is 13.1. The number of nitrogens with zero attached hydrogens (tertiary/aromatic N) is 1. The smallest absolute Gasteiger partial charge is 0.263 e. The third-order valence-electron chi connectivity index (χ3n) is 6.39. The van der Waals surface area contributed by atoms with Crippen molar-refractivity contribution in [3.05, 3.63) is 21.4 Å². The van der Waals surface area contributed by atoms with Crippen LogP contribution >= 0.6 is 11.3 Å². The zero-order chi connectivity index (χ0) is 20.3. The Morgan fingerprint density at radius 1 is 1.29 bits per heavy atom. The van der Waals surface area contributed by atoms with Gasteiger partial charge in [0.05, 0.1) is 4.88 Å². The fraction of sp³-hybridized carbons (Fsp3) is 0.739. The van der Waals surface area contributed by atoms with Gasteiger partial charge in [0.2, 0.25) is 5.91 Å². The van der Waals surface area contributed by atoms with Gasteiger partial charge >= 0.3 is 0 Å². The first-order valence-corrected chi connectivity index (χ1v) is 11.8. The highest BCUT2D eigenvalue weighted by Gasteiger charge is 2.32. The van der Waals surface area contributed by atoms with Crippen LogP contribution in [0.4, 0.5) is 0 Å². The molecule has 1 aromatic heterocycles. The lowest BCUT2D eigenvalue weighted by Gasteiger charge is -2.33. The highest BCUT2D eigenvalue weighted by Crippen LogP contribution is 2.40. The van der Waals surface area contributed by atoms with E-state index in [4.69, 9.17) is 0 Å². The second-order valence-corrected chi connectivity index (χ2v) is 10.8. The summed E-state index contributed by atoms with van der Waals surface area (Å²) in [4.78, 5) is 29.2. The molecule has 3 rings (SSSR count). The summed E-state index contributed by atoms with van der Waals surface area (Å²) in [5.74, 6) is 1.39. The van der Waals surface area contributed by atoms with Crippen LogP contribution in [0.1, 0.15) is 79.9 Å². The highest BCUT2D eigenvalue weighted by atomic mass is 32.1. The van der Waals surface area contributed by atoms with Crippen molar-refractivity contribution < 1.29 is 9.59 Å². The standard InChI is InChI=1S/C23H36N2O2S/c1-5-7-21(26)24-14-16-8-6-11-25(15-16)22(27)20-13-17-12-18(23(2,3)4)9-10-19(17)28-20/h13,16,18H,5-12,14-15H2,1-4H3,(H,24,26). The van der Waals surface area contributed by atoms with Crippen molar-refractivity contribution >= 4 is 23.2 Å². The largest absolute Gasteiger partial charge is 0.356 e. The van der Waals surface area contributed by atoms with E-state index in [-0.39, 0.29) is 11.8 Å². The number of rotatable bonds is 5. The molecule has 4 nitrogen and oxygen atoms in total. The van der Waals surface area contributed by atoms with Gasteiger partial charge in [-0.25, -0.2) is 0 Å². The van der Waals surface area contributed by atoms with Gasteiger partial charge < -0.3 is 10.2 Å². The van der Waals surface area contributed by atoms with Crippen molar-refractivity contribution in [2.45, 2.75) is 72.6 Å². The van der Waals surface area contributed by atoms with Crippen LogP contribution in [0.5, 0.6) is 0 Å². The van der Waals surface area contributed by atoms with Gasteiger partial charge in [-0.1, -0.05) is 27.7 Å². The monoisotopic (exact) mass is 404 g/mol. The van der Waals surface area contributed by atoms with E-state index in [2.05, 4.69) is 32.2 Å². The van der Waals surface area contributed by atoms with Gasteiger partial charge in [0.1, 0.15) is 0 Å². The van der Waals surface area contributed by atoms with Gasteiger partial charge in [-0.05, 0) is 67.4 Å². The Labute approximate surface area is 174 Å². The van der Waals surface area contributed by atoms with Gasteiger partial charge in [-0.3, -0.25) is 9.59 Å². The van der Waals surface area contributed by atoms with Gasteiger partial charge in [-0.2, -0.15) is 0 Å². The molecule has 2 aliphatic rings. The maximum Gasteiger partial charge on any atom is 0.263 e. The first-order chi connectivity index (χ1) is 13.3. The summed E-state index contributed by atoms with van der Waals surface area (Å²) in [6.07, 6.45) is 7.03. The van der Waals surface area contributed by atoms with Crippen LogP contribution in [0.15, 0.2) is 6.07 Å². The third kappa shape index (κ3) is 5.16. The molecule has 156 valence electrons. The highest BCUT2D eigenvalue weighted by molar-refractivity contribution is 7.14. The first-order valence-electron chi connectivity index (χ1n) is 11.0. The number of hydrogen-bond donors (Lipinski definition) is 1. The minimum atomic E-state index is 0.130. The Kier molecular flexibility index (Phi) is 6.85. The maximum atomic E-state index is 13.1. The first kappa shape index (κ1) is 21.4. The number of thiophene rings is 1. The Balaban J connectivity index is 1.60. The number of amides is 2. The molecule has 1 N–H and O–H groups in total. The average molecular weight is 405 g/mol. The minimum Gasteiger partial charge on any atom is -0.356 e. The van der Waals surface area contributed by atoms with E-state index in [1.807, 2.05) is 11.8 Å². The molecule has 2 unspecified atom stereocenters. The quantitative estimate of drug-likeness (QED) is 0.775. The number of aryl methyl sites for hydroxylation is 1. The topological polar surface area (TPSA) is 49.4 Å². The van der Waals surface area contributed by atoms with Crippen molar-refractivity contribution in [1.82, 2.24) is 10.2 Å². The van der Waals surface area contributed by atoms with E-state index in [1.54, 1.807) is 11.3 Å². The fourth-order valence-corrected chi connectivity index (χ4v) is 5.69. The third-order valence-corrected chi connectivity index (χ3v) is 7.61. The van der Waals surface area contributed by atoms with E-state index in [0.29, 0.717) is 30.2 Å². The Morgan fingerprint density at radius 3 is 2.79 bits per heavy atom. The number of nitrogens with one attached hydrogen (secondary N) is 1. The zero-order valence-corrected chi connectivity index (χ0v) is 18.8. The Morgan fingerprint density at radius 2 is 2.07 bits per heavy atom. The Bertz CT molecular complexity index is 704. The van der Waals surface area contributed by atoms with E-state index in [1.165, 1.54) is 16.9 Å². The van der Waals surface area contributed by atoms with Crippen molar-refractivity contribution in [3.63, 3.8) is 0 Å². The van der Waals surface area contributed by atoms with Crippen molar-refractivity contribution in [2.24, 2.45) is 17.3 Å². The predicted molar refractivity (Wildman–Crippen MR) is 116 cm³/mol. The summed E-state index contributed by atoms with van der Waals surface area (Å²) in [7, 11) is 0. The summed E-state index contributed by atoms with van der Waals surface area (Å²) in [6, 6.07) is 2.17. The zero-order valence-electron chi connectivity index (χ0n) is 18.0. The summed E-state index contributed by atoms with van der Waals surface area (Å²) in [6.45, 7) is 11.3. The normalized spacial score (nSPS) is 22.6. The molecule has 2 amide bonds. The van der Waals surface area contributed by atoms with Gasteiger partial charge in [0.15, 0.2) is 0 Å². The lowest BCUT2D eigenvalue weighted by Crippen LogP contribution is -2.43. The molecule has 1 fully saturated rings. The lowest BCUT2D eigenvalue weighted by molar-refractivity contribution is -0.121. The molecule has 1 saturated heterocycles. The van der Waals surface area contributed by atoms with E-state index in [0.717, 1.165) is 50.1 Å². The molecule has 1 aliphatic heterocycles. The van der Waals surface area contributed by atoms with Crippen LogP contribution in [-0.4, -0.2) is 36.3 Å². The van der Waals surface area contributed by atoms with Crippen LogP contribution in [0.2, 0.25) is 0 Å². The molecule has 5 heteroatoms. The van der Waals surface area contributed by atoms with Crippen LogP contribution in [0, 0.1) is 17.3 Å². The molecule has 1 aromatic rings. The predicted octanol–water partition coefficient (Wildman–Crippen LogP) is 4.67. The molecule has 0 spiro atoms. The molecule has 0 aromatic carbocycles. The van der Waals surface area contributed by atoms with E-state index < -0.39 is 0 Å². The van der Waals surface area contributed by atoms with Crippen molar-refractivity contribution in [3.8, 4) is 0 Å². The molecule has 2 atom stereocenters. The van der Waals surface area contributed by atoms with Gasteiger partial charge in [0, 0.05) is 30.9 Å².